The number of aromatic nitrogens is 1. The number of aryl methyl sites for hydroxylation is 1. The van der Waals surface area contributed by atoms with Crippen LogP contribution in [0.2, 0.25) is 0 Å². The van der Waals surface area contributed by atoms with Gasteiger partial charge >= 0.3 is 0 Å². The molecule has 124 valence electrons. The van der Waals surface area contributed by atoms with Gasteiger partial charge < -0.3 is 10.6 Å². The van der Waals surface area contributed by atoms with E-state index in [4.69, 9.17) is 4.99 Å². The number of hydrogen-bond donors (Lipinski definition) is 2. The Hall–Kier alpha value is -1.88. The zero-order valence-electron chi connectivity index (χ0n) is 14.2. The monoisotopic (exact) mass is 330 g/mol. The summed E-state index contributed by atoms with van der Waals surface area (Å²) in [7, 11) is 0. The van der Waals surface area contributed by atoms with E-state index in [1.54, 1.807) is 11.3 Å². The second kappa shape index (κ2) is 9.30. The lowest BCUT2D eigenvalue weighted by molar-refractivity contribution is 0.745. The number of guanidine groups is 1. The minimum Gasteiger partial charge on any atom is -0.357 e. The molecule has 0 saturated carbocycles. The standard InChI is InChI=1S/C18H26N4S/c1-4-19-18(20-11-10-17-21-13-15(3)23-17)22-12-14(2)16-8-6-5-7-9-16/h5-9,13-14H,4,10-12H2,1-3H3,(H2,19,20,22). The van der Waals surface area contributed by atoms with Gasteiger partial charge in [-0.25, -0.2) is 4.98 Å². The second-order valence-electron chi connectivity index (χ2n) is 5.57. The third kappa shape index (κ3) is 6.02. The van der Waals surface area contributed by atoms with Crippen LogP contribution in [0.1, 0.15) is 35.2 Å². The maximum Gasteiger partial charge on any atom is 0.191 e. The van der Waals surface area contributed by atoms with Crippen LogP contribution in [0, 0.1) is 6.92 Å². The molecule has 0 fully saturated rings. The SMILES string of the molecule is CCNC(=NCC(C)c1ccccc1)NCCc1ncc(C)s1. The molecule has 23 heavy (non-hydrogen) atoms. The van der Waals surface area contributed by atoms with E-state index in [1.165, 1.54) is 15.4 Å². The van der Waals surface area contributed by atoms with Crippen LogP contribution >= 0.6 is 11.3 Å². The molecule has 0 saturated heterocycles. The van der Waals surface area contributed by atoms with Gasteiger partial charge in [0.25, 0.3) is 0 Å². The van der Waals surface area contributed by atoms with Gasteiger partial charge in [0.1, 0.15) is 0 Å². The van der Waals surface area contributed by atoms with Gasteiger partial charge in [0.2, 0.25) is 0 Å². The molecule has 0 bridgehead atoms. The van der Waals surface area contributed by atoms with E-state index in [0.29, 0.717) is 5.92 Å². The average molecular weight is 331 g/mol. The van der Waals surface area contributed by atoms with E-state index in [9.17, 15) is 0 Å². The molecule has 1 unspecified atom stereocenters. The number of nitrogens with zero attached hydrogens (tertiary/aromatic N) is 2. The maximum atomic E-state index is 4.70. The molecule has 1 aromatic carbocycles. The van der Waals surface area contributed by atoms with Crippen molar-refractivity contribution >= 4 is 17.3 Å². The number of thiazole rings is 1. The van der Waals surface area contributed by atoms with Crippen LogP contribution in [0.25, 0.3) is 0 Å². The zero-order valence-corrected chi connectivity index (χ0v) is 15.0. The molecular formula is C18H26N4S. The summed E-state index contributed by atoms with van der Waals surface area (Å²) >= 11 is 1.76. The van der Waals surface area contributed by atoms with Gasteiger partial charge in [0.05, 0.1) is 5.01 Å². The quantitative estimate of drug-likeness (QED) is 0.604. The number of rotatable bonds is 7. The third-order valence-electron chi connectivity index (χ3n) is 3.54. The summed E-state index contributed by atoms with van der Waals surface area (Å²) in [6, 6.07) is 10.5. The molecule has 0 aliphatic carbocycles. The van der Waals surface area contributed by atoms with Gasteiger partial charge in [-0.15, -0.1) is 11.3 Å². The van der Waals surface area contributed by atoms with Crippen molar-refractivity contribution in [3.8, 4) is 0 Å². The van der Waals surface area contributed by atoms with Crippen molar-refractivity contribution in [2.75, 3.05) is 19.6 Å². The van der Waals surface area contributed by atoms with E-state index in [-0.39, 0.29) is 0 Å². The summed E-state index contributed by atoms with van der Waals surface area (Å²) in [5, 5.41) is 7.86. The van der Waals surface area contributed by atoms with Crippen LogP contribution in [0.5, 0.6) is 0 Å². The summed E-state index contributed by atoms with van der Waals surface area (Å²) in [6.45, 7) is 8.87. The minimum atomic E-state index is 0.410. The molecule has 0 aliphatic heterocycles. The molecule has 2 aromatic rings. The van der Waals surface area contributed by atoms with Crippen LogP contribution < -0.4 is 10.6 Å². The highest BCUT2D eigenvalue weighted by Gasteiger charge is 2.05. The highest BCUT2D eigenvalue weighted by molar-refractivity contribution is 7.11. The Labute approximate surface area is 143 Å². The second-order valence-corrected chi connectivity index (χ2v) is 6.89. The van der Waals surface area contributed by atoms with E-state index in [1.807, 2.05) is 12.3 Å². The molecule has 1 atom stereocenters. The zero-order chi connectivity index (χ0) is 16.5. The van der Waals surface area contributed by atoms with Crippen molar-refractivity contribution in [2.45, 2.75) is 33.1 Å². The molecule has 1 heterocycles. The van der Waals surface area contributed by atoms with Crippen LogP contribution in [0.4, 0.5) is 0 Å². The predicted octanol–water partition coefficient (Wildman–Crippen LogP) is 3.35. The number of benzene rings is 1. The molecule has 1 aromatic heterocycles. The maximum absolute atomic E-state index is 4.70. The van der Waals surface area contributed by atoms with Gasteiger partial charge in [-0.2, -0.15) is 0 Å². The first kappa shape index (κ1) is 17.5. The number of hydrogen-bond acceptors (Lipinski definition) is 3. The Bertz CT molecular complexity index is 606. The lowest BCUT2D eigenvalue weighted by atomic mass is 10.0. The topological polar surface area (TPSA) is 49.3 Å². The summed E-state index contributed by atoms with van der Waals surface area (Å²) in [5.74, 6) is 1.29. The average Bonchev–Trinajstić information content (AvgIpc) is 2.98. The first-order valence-electron chi connectivity index (χ1n) is 8.17. The predicted molar refractivity (Wildman–Crippen MR) is 99.4 cm³/mol. The highest BCUT2D eigenvalue weighted by Crippen LogP contribution is 2.14. The lowest BCUT2D eigenvalue weighted by Crippen LogP contribution is -2.38. The van der Waals surface area contributed by atoms with Crippen molar-refractivity contribution in [1.82, 2.24) is 15.6 Å². The molecule has 0 radical (unpaired) electrons. The molecule has 2 rings (SSSR count). The number of aliphatic imine (C=N–C) groups is 1. The van der Waals surface area contributed by atoms with Crippen LogP contribution in [-0.2, 0) is 6.42 Å². The fourth-order valence-electron chi connectivity index (χ4n) is 2.26. The van der Waals surface area contributed by atoms with E-state index in [0.717, 1.165) is 32.0 Å². The summed E-state index contributed by atoms with van der Waals surface area (Å²) in [6.07, 6.45) is 2.86. The highest BCUT2D eigenvalue weighted by atomic mass is 32.1. The Morgan fingerprint density at radius 2 is 2.04 bits per heavy atom. The fraction of sp³-hybridized carbons (Fsp3) is 0.444. The lowest BCUT2D eigenvalue weighted by Gasteiger charge is -2.13. The molecule has 5 heteroatoms. The Balaban J connectivity index is 1.84. The number of nitrogens with one attached hydrogen (secondary N) is 2. The smallest absolute Gasteiger partial charge is 0.191 e. The van der Waals surface area contributed by atoms with Gasteiger partial charge in [0, 0.05) is 43.0 Å². The molecule has 4 nitrogen and oxygen atoms in total. The molecule has 0 amide bonds. The normalized spacial score (nSPS) is 12.9. The van der Waals surface area contributed by atoms with Crippen LogP contribution in [0.3, 0.4) is 0 Å². The molecule has 2 N–H and O–H groups in total. The van der Waals surface area contributed by atoms with Crippen molar-refractivity contribution in [2.24, 2.45) is 4.99 Å². The molecule has 0 aliphatic rings. The van der Waals surface area contributed by atoms with Gasteiger partial charge in [-0.1, -0.05) is 37.3 Å². The van der Waals surface area contributed by atoms with Gasteiger partial charge in [-0.3, -0.25) is 4.99 Å². The van der Waals surface area contributed by atoms with E-state index in [2.05, 4.69) is 60.7 Å². The minimum absolute atomic E-state index is 0.410. The van der Waals surface area contributed by atoms with E-state index < -0.39 is 0 Å². The summed E-state index contributed by atoms with van der Waals surface area (Å²) in [4.78, 5) is 10.4. The van der Waals surface area contributed by atoms with Crippen LogP contribution in [-0.4, -0.2) is 30.6 Å². The van der Waals surface area contributed by atoms with Gasteiger partial charge in [-0.05, 0) is 19.4 Å². The fourth-order valence-corrected chi connectivity index (χ4v) is 3.05. The Morgan fingerprint density at radius 3 is 2.70 bits per heavy atom. The van der Waals surface area contributed by atoms with Crippen molar-refractivity contribution in [3.63, 3.8) is 0 Å². The largest absolute Gasteiger partial charge is 0.357 e. The molecule has 0 spiro atoms. The Morgan fingerprint density at radius 1 is 1.26 bits per heavy atom. The van der Waals surface area contributed by atoms with Crippen molar-refractivity contribution in [3.05, 3.63) is 52.0 Å². The van der Waals surface area contributed by atoms with Crippen molar-refractivity contribution < 1.29 is 0 Å². The van der Waals surface area contributed by atoms with E-state index >= 15 is 0 Å². The van der Waals surface area contributed by atoms with Crippen LogP contribution in [0.15, 0.2) is 41.5 Å². The Kier molecular flexibility index (Phi) is 7.07. The first-order valence-corrected chi connectivity index (χ1v) is 8.99. The summed E-state index contributed by atoms with van der Waals surface area (Å²) < 4.78 is 0. The molecular weight excluding hydrogens is 304 g/mol. The third-order valence-corrected chi connectivity index (χ3v) is 4.51. The van der Waals surface area contributed by atoms with Crippen molar-refractivity contribution in [1.29, 1.82) is 0 Å². The van der Waals surface area contributed by atoms with Gasteiger partial charge in [0.15, 0.2) is 5.96 Å². The summed E-state index contributed by atoms with van der Waals surface area (Å²) in [5.41, 5.74) is 1.32. The first-order chi connectivity index (χ1) is 11.2.